The van der Waals surface area contributed by atoms with E-state index in [4.69, 9.17) is 0 Å². The Bertz CT molecular complexity index is 838. The largest absolute Gasteiger partial charge is 0.356 e. The van der Waals surface area contributed by atoms with Gasteiger partial charge in [-0.05, 0) is 31.0 Å². The zero-order valence-corrected chi connectivity index (χ0v) is 13.1. The molecule has 4 heterocycles. The summed E-state index contributed by atoms with van der Waals surface area (Å²) in [4.78, 5) is 30.2. The Balaban J connectivity index is 1.40. The number of carbonyl (C=O) groups is 1. The maximum atomic E-state index is 12.2. The normalized spacial score (nSPS) is 15.6. The van der Waals surface area contributed by atoms with Crippen LogP contribution in [-0.2, 0) is 0 Å². The van der Waals surface area contributed by atoms with Gasteiger partial charge in [-0.2, -0.15) is 0 Å². The molecular weight excluding hydrogens is 304 g/mol. The first-order valence-electron chi connectivity index (χ1n) is 8.05. The summed E-state index contributed by atoms with van der Waals surface area (Å²) in [6.07, 6.45) is 8.50. The van der Waals surface area contributed by atoms with Gasteiger partial charge in [-0.15, -0.1) is 0 Å². The monoisotopic (exact) mass is 322 g/mol. The number of pyridine rings is 1. The van der Waals surface area contributed by atoms with Gasteiger partial charge in [0.05, 0.1) is 10.9 Å². The summed E-state index contributed by atoms with van der Waals surface area (Å²) in [6.45, 7) is 1.71. The summed E-state index contributed by atoms with van der Waals surface area (Å²) in [6, 6.07) is 5.73. The SMILES string of the molecule is O=C(NC1CCN(c2ncnc3[nH]ccc23)CC1)c1cccnc1. The van der Waals surface area contributed by atoms with Gasteiger partial charge in [0.25, 0.3) is 5.91 Å². The highest BCUT2D eigenvalue weighted by Gasteiger charge is 2.23. The van der Waals surface area contributed by atoms with Crippen molar-refractivity contribution in [2.24, 2.45) is 0 Å². The van der Waals surface area contributed by atoms with Crippen molar-refractivity contribution in [3.05, 3.63) is 48.7 Å². The molecular formula is C17H18N6O. The number of piperidine rings is 1. The fraction of sp³-hybridized carbons (Fsp3) is 0.294. The highest BCUT2D eigenvalue weighted by Crippen LogP contribution is 2.25. The first kappa shape index (κ1) is 14.6. The van der Waals surface area contributed by atoms with Crippen LogP contribution in [0.3, 0.4) is 0 Å². The molecule has 1 fully saturated rings. The van der Waals surface area contributed by atoms with E-state index in [1.807, 2.05) is 12.3 Å². The molecule has 7 heteroatoms. The third-order valence-corrected chi connectivity index (χ3v) is 4.39. The summed E-state index contributed by atoms with van der Waals surface area (Å²) >= 11 is 0. The Morgan fingerprint density at radius 3 is 2.92 bits per heavy atom. The number of hydrogen-bond donors (Lipinski definition) is 2. The molecule has 0 radical (unpaired) electrons. The van der Waals surface area contributed by atoms with E-state index in [-0.39, 0.29) is 11.9 Å². The van der Waals surface area contributed by atoms with Crippen LogP contribution in [-0.4, -0.2) is 45.0 Å². The maximum Gasteiger partial charge on any atom is 0.253 e. The second kappa shape index (κ2) is 6.27. The van der Waals surface area contributed by atoms with Crippen LogP contribution in [0.25, 0.3) is 11.0 Å². The molecule has 1 amide bonds. The van der Waals surface area contributed by atoms with E-state index in [1.54, 1.807) is 30.9 Å². The highest BCUT2D eigenvalue weighted by molar-refractivity contribution is 5.94. The molecule has 0 saturated carbocycles. The number of hydrogen-bond acceptors (Lipinski definition) is 5. The predicted molar refractivity (Wildman–Crippen MR) is 90.8 cm³/mol. The number of H-pyrrole nitrogens is 1. The smallest absolute Gasteiger partial charge is 0.253 e. The molecule has 0 unspecified atom stereocenters. The standard InChI is InChI=1S/C17H18N6O/c24-17(12-2-1-6-18-10-12)22-13-4-8-23(9-5-13)16-14-3-7-19-15(14)20-11-21-16/h1-3,6-7,10-11,13H,4-5,8-9H2,(H,22,24)(H,19,20,21). The molecule has 122 valence electrons. The van der Waals surface area contributed by atoms with Gasteiger partial charge < -0.3 is 15.2 Å². The van der Waals surface area contributed by atoms with E-state index >= 15 is 0 Å². The molecule has 1 aliphatic rings. The summed E-state index contributed by atoms with van der Waals surface area (Å²) in [5.41, 5.74) is 1.46. The molecule has 4 rings (SSSR count). The topological polar surface area (TPSA) is 86.8 Å². The number of nitrogens with one attached hydrogen (secondary N) is 2. The average Bonchev–Trinajstić information content (AvgIpc) is 3.12. The van der Waals surface area contributed by atoms with E-state index in [0.717, 1.165) is 42.8 Å². The van der Waals surface area contributed by atoms with Gasteiger partial charge in [0.15, 0.2) is 0 Å². The van der Waals surface area contributed by atoms with Crippen molar-refractivity contribution in [3.63, 3.8) is 0 Å². The Morgan fingerprint density at radius 2 is 2.12 bits per heavy atom. The van der Waals surface area contributed by atoms with E-state index < -0.39 is 0 Å². The first-order chi connectivity index (χ1) is 11.8. The molecule has 0 spiro atoms. The van der Waals surface area contributed by atoms with Gasteiger partial charge >= 0.3 is 0 Å². The summed E-state index contributed by atoms with van der Waals surface area (Å²) in [7, 11) is 0. The van der Waals surface area contributed by atoms with Gasteiger partial charge in [-0.1, -0.05) is 0 Å². The summed E-state index contributed by atoms with van der Waals surface area (Å²) in [5.74, 6) is 0.898. The number of rotatable bonds is 3. The molecule has 0 atom stereocenters. The zero-order chi connectivity index (χ0) is 16.4. The van der Waals surface area contributed by atoms with Crippen molar-refractivity contribution in [2.45, 2.75) is 18.9 Å². The van der Waals surface area contributed by atoms with Crippen LogP contribution in [0.15, 0.2) is 43.1 Å². The van der Waals surface area contributed by atoms with Crippen LogP contribution in [0.5, 0.6) is 0 Å². The lowest BCUT2D eigenvalue weighted by Gasteiger charge is -2.33. The van der Waals surface area contributed by atoms with Crippen LogP contribution in [0.4, 0.5) is 5.82 Å². The van der Waals surface area contributed by atoms with Crippen LogP contribution < -0.4 is 10.2 Å². The van der Waals surface area contributed by atoms with Crippen molar-refractivity contribution < 1.29 is 4.79 Å². The summed E-state index contributed by atoms with van der Waals surface area (Å²) < 4.78 is 0. The van der Waals surface area contributed by atoms with Crippen LogP contribution in [0.1, 0.15) is 23.2 Å². The van der Waals surface area contributed by atoms with Crippen molar-refractivity contribution in [3.8, 4) is 0 Å². The lowest BCUT2D eigenvalue weighted by molar-refractivity contribution is 0.0930. The molecule has 24 heavy (non-hydrogen) atoms. The van der Waals surface area contributed by atoms with E-state index in [1.165, 1.54) is 0 Å². The Hall–Kier alpha value is -2.96. The van der Waals surface area contributed by atoms with Crippen LogP contribution in [0.2, 0.25) is 0 Å². The van der Waals surface area contributed by atoms with Gasteiger partial charge in [0.2, 0.25) is 0 Å². The molecule has 3 aromatic rings. The number of aromatic nitrogens is 4. The number of fused-ring (bicyclic) bond motifs is 1. The van der Waals surface area contributed by atoms with Crippen LogP contribution >= 0.6 is 0 Å². The Labute approximate surface area is 139 Å². The van der Waals surface area contributed by atoms with E-state index in [0.29, 0.717) is 5.56 Å². The molecule has 0 bridgehead atoms. The molecule has 0 aliphatic carbocycles. The number of carbonyl (C=O) groups excluding carboxylic acids is 1. The van der Waals surface area contributed by atoms with Gasteiger partial charge in [0, 0.05) is 37.7 Å². The zero-order valence-electron chi connectivity index (χ0n) is 13.1. The van der Waals surface area contributed by atoms with Crippen molar-refractivity contribution in [2.75, 3.05) is 18.0 Å². The quantitative estimate of drug-likeness (QED) is 0.767. The van der Waals surface area contributed by atoms with Gasteiger partial charge in [-0.25, -0.2) is 9.97 Å². The lowest BCUT2D eigenvalue weighted by Crippen LogP contribution is -2.45. The fourth-order valence-corrected chi connectivity index (χ4v) is 3.11. The Kier molecular flexibility index (Phi) is 3.82. The third-order valence-electron chi connectivity index (χ3n) is 4.39. The highest BCUT2D eigenvalue weighted by atomic mass is 16.1. The molecule has 1 saturated heterocycles. The van der Waals surface area contributed by atoms with E-state index in [2.05, 4.69) is 30.2 Å². The second-order valence-electron chi connectivity index (χ2n) is 5.91. The first-order valence-corrected chi connectivity index (χ1v) is 8.05. The number of aromatic amines is 1. The number of nitrogens with zero attached hydrogens (tertiary/aromatic N) is 4. The second-order valence-corrected chi connectivity index (χ2v) is 5.91. The molecule has 2 N–H and O–H groups in total. The number of amides is 1. The lowest BCUT2D eigenvalue weighted by atomic mass is 10.0. The fourth-order valence-electron chi connectivity index (χ4n) is 3.11. The van der Waals surface area contributed by atoms with E-state index in [9.17, 15) is 4.79 Å². The van der Waals surface area contributed by atoms with Crippen molar-refractivity contribution in [1.29, 1.82) is 0 Å². The van der Waals surface area contributed by atoms with Crippen molar-refractivity contribution >= 4 is 22.8 Å². The van der Waals surface area contributed by atoms with Crippen LogP contribution in [0, 0.1) is 0 Å². The molecule has 0 aromatic carbocycles. The summed E-state index contributed by atoms with van der Waals surface area (Å²) in [5, 5.41) is 4.13. The molecule has 1 aliphatic heterocycles. The van der Waals surface area contributed by atoms with Gasteiger partial charge in [-0.3, -0.25) is 9.78 Å². The third kappa shape index (κ3) is 2.80. The molecule has 7 nitrogen and oxygen atoms in total. The Morgan fingerprint density at radius 1 is 1.25 bits per heavy atom. The van der Waals surface area contributed by atoms with Crippen molar-refractivity contribution in [1.82, 2.24) is 25.3 Å². The molecule has 3 aromatic heterocycles. The predicted octanol–water partition coefficient (Wildman–Crippen LogP) is 1.75. The van der Waals surface area contributed by atoms with Gasteiger partial charge in [0.1, 0.15) is 17.8 Å². The number of anilines is 1. The minimum atomic E-state index is -0.0587. The maximum absolute atomic E-state index is 12.2. The minimum absolute atomic E-state index is 0.0587. The minimum Gasteiger partial charge on any atom is -0.356 e. The average molecular weight is 322 g/mol.